The van der Waals surface area contributed by atoms with Gasteiger partial charge in [0.15, 0.2) is 0 Å². The molecular formula is C24H28N2O4. The second kappa shape index (κ2) is 9.76. The molecule has 1 saturated carbocycles. The van der Waals surface area contributed by atoms with Crippen molar-refractivity contribution in [3.8, 4) is 0 Å². The minimum atomic E-state index is -0.121. The van der Waals surface area contributed by atoms with Crippen molar-refractivity contribution in [3.63, 3.8) is 0 Å². The molecule has 0 radical (unpaired) electrons. The van der Waals surface area contributed by atoms with E-state index in [0.717, 1.165) is 43.6 Å². The number of carbonyl (C=O) groups excluding carboxylic acids is 2. The van der Waals surface area contributed by atoms with Crippen LogP contribution in [0.15, 0.2) is 59.2 Å². The fraction of sp³-hybridized carbons (Fsp3) is 0.417. The molecule has 6 nitrogen and oxygen atoms in total. The van der Waals surface area contributed by atoms with Gasteiger partial charge in [0.2, 0.25) is 11.8 Å². The van der Waals surface area contributed by atoms with E-state index in [2.05, 4.69) is 0 Å². The van der Waals surface area contributed by atoms with Crippen LogP contribution in [0.1, 0.15) is 37.0 Å². The zero-order valence-electron chi connectivity index (χ0n) is 17.1. The van der Waals surface area contributed by atoms with Crippen molar-refractivity contribution in [1.29, 1.82) is 0 Å². The highest BCUT2D eigenvalue weighted by atomic mass is 16.5. The van der Waals surface area contributed by atoms with E-state index in [9.17, 15) is 9.59 Å². The fourth-order valence-electron chi connectivity index (χ4n) is 3.73. The van der Waals surface area contributed by atoms with Crippen LogP contribution in [-0.2, 0) is 20.9 Å². The molecule has 1 aliphatic carbocycles. The van der Waals surface area contributed by atoms with Gasteiger partial charge < -0.3 is 19.0 Å². The van der Waals surface area contributed by atoms with Gasteiger partial charge in [-0.05, 0) is 49.5 Å². The minimum absolute atomic E-state index is 0.0481. The summed E-state index contributed by atoms with van der Waals surface area (Å²) in [5, 5.41) is 0. The molecule has 1 aromatic heterocycles. The Labute approximate surface area is 177 Å². The summed E-state index contributed by atoms with van der Waals surface area (Å²) in [4.78, 5) is 29.5. The van der Waals surface area contributed by atoms with Gasteiger partial charge in [0, 0.05) is 25.3 Å². The zero-order valence-corrected chi connectivity index (χ0v) is 17.1. The lowest BCUT2D eigenvalue weighted by molar-refractivity contribution is -0.140. The second-order valence-electron chi connectivity index (χ2n) is 7.93. The molecule has 2 amide bonds. The van der Waals surface area contributed by atoms with E-state index in [4.69, 9.17) is 9.15 Å². The summed E-state index contributed by atoms with van der Waals surface area (Å²) in [6.07, 6.45) is 8.89. The van der Waals surface area contributed by atoms with Crippen LogP contribution in [0, 0.1) is 0 Å². The number of hydrogen-bond donors (Lipinski definition) is 0. The largest absolute Gasteiger partial charge is 0.467 e. The van der Waals surface area contributed by atoms with Crippen LogP contribution in [0.2, 0.25) is 0 Å². The fourth-order valence-corrected chi connectivity index (χ4v) is 3.73. The normalized spacial score (nSPS) is 18.6. The summed E-state index contributed by atoms with van der Waals surface area (Å²) in [7, 11) is 0. The number of benzene rings is 1. The SMILES string of the molecule is O=C(CN(C(=O)/C=C/c1ccccc1)C1CC1)N(Cc1ccco1)CC1CCCO1. The van der Waals surface area contributed by atoms with Gasteiger partial charge in [0.1, 0.15) is 12.3 Å². The highest BCUT2D eigenvalue weighted by Gasteiger charge is 2.34. The molecule has 0 N–H and O–H groups in total. The molecule has 158 valence electrons. The van der Waals surface area contributed by atoms with Crippen LogP contribution < -0.4 is 0 Å². The highest BCUT2D eigenvalue weighted by Crippen LogP contribution is 2.27. The molecule has 1 saturated heterocycles. The Balaban J connectivity index is 1.42. The quantitative estimate of drug-likeness (QED) is 0.596. The third-order valence-electron chi connectivity index (χ3n) is 5.52. The molecule has 0 bridgehead atoms. The van der Waals surface area contributed by atoms with E-state index in [0.29, 0.717) is 13.1 Å². The molecule has 1 unspecified atom stereocenters. The van der Waals surface area contributed by atoms with Crippen molar-refractivity contribution in [2.75, 3.05) is 19.7 Å². The minimum Gasteiger partial charge on any atom is -0.467 e. The highest BCUT2D eigenvalue weighted by molar-refractivity contribution is 5.94. The van der Waals surface area contributed by atoms with Crippen LogP contribution in [0.4, 0.5) is 0 Å². The maximum Gasteiger partial charge on any atom is 0.247 e. The summed E-state index contributed by atoms with van der Waals surface area (Å²) in [5.74, 6) is 0.537. The number of rotatable bonds is 9. The summed E-state index contributed by atoms with van der Waals surface area (Å²) in [6.45, 7) is 1.73. The third kappa shape index (κ3) is 5.60. The summed E-state index contributed by atoms with van der Waals surface area (Å²) in [6, 6.07) is 13.5. The van der Waals surface area contributed by atoms with Gasteiger partial charge in [-0.25, -0.2) is 0 Å². The lowest BCUT2D eigenvalue weighted by Crippen LogP contribution is -2.45. The molecule has 2 aromatic rings. The Morgan fingerprint density at radius 2 is 1.90 bits per heavy atom. The van der Waals surface area contributed by atoms with E-state index >= 15 is 0 Å². The van der Waals surface area contributed by atoms with Crippen molar-refractivity contribution < 1.29 is 18.7 Å². The van der Waals surface area contributed by atoms with Crippen molar-refractivity contribution in [1.82, 2.24) is 9.80 Å². The van der Waals surface area contributed by atoms with E-state index < -0.39 is 0 Å². The van der Waals surface area contributed by atoms with Crippen LogP contribution in [0.3, 0.4) is 0 Å². The zero-order chi connectivity index (χ0) is 20.8. The summed E-state index contributed by atoms with van der Waals surface area (Å²) in [5.41, 5.74) is 0.964. The molecule has 2 fully saturated rings. The number of hydrogen-bond acceptors (Lipinski definition) is 4. The summed E-state index contributed by atoms with van der Waals surface area (Å²) < 4.78 is 11.2. The maximum absolute atomic E-state index is 13.2. The Kier molecular flexibility index (Phi) is 6.64. The number of ether oxygens (including phenoxy) is 1. The molecule has 30 heavy (non-hydrogen) atoms. The number of amides is 2. The van der Waals surface area contributed by atoms with E-state index in [1.54, 1.807) is 28.2 Å². The molecule has 4 rings (SSSR count). The Morgan fingerprint density at radius 1 is 1.07 bits per heavy atom. The second-order valence-corrected chi connectivity index (χ2v) is 7.93. The Hall–Kier alpha value is -2.86. The van der Waals surface area contributed by atoms with E-state index in [-0.39, 0.29) is 30.5 Å². The molecule has 1 aromatic carbocycles. The molecule has 6 heteroatoms. The van der Waals surface area contributed by atoms with Crippen molar-refractivity contribution >= 4 is 17.9 Å². The average Bonchev–Trinajstić information content (AvgIpc) is 3.22. The smallest absolute Gasteiger partial charge is 0.247 e. The van der Waals surface area contributed by atoms with Crippen LogP contribution >= 0.6 is 0 Å². The Bertz CT molecular complexity index is 853. The van der Waals surface area contributed by atoms with Gasteiger partial charge in [-0.2, -0.15) is 0 Å². The van der Waals surface area contributed by atoms with Crippen LogP contribution in [-0.4, -0.2) is 53.5 Å². The van der Waals surface area contributed by atoms with Crippen molar-refractivity contribution in [2.24, 2.45) is 0 Å². The van der Waals surface area contributed by atoms with E-state index in [1.165, 1.54) is 0 Å². The molecule has 2 aliphatic rings. The molecule has 2 heterocycles. The van der Waals surface area contributed by atoms with Crippen molar-refractivity contribution in [2.45, 2.75) is 44.4 Å². The molecular weight excluding hydrogens is 380 g/mol. The lowest BCUT2D eigenvalue weighted by Gasteiger charge is -2.28. The van der Waals surface area contributed by atoms with Gasteiger partial charge in [-0.3, -0.25) is 9.59 Å². The van der Waals surface area contributed by atoms with Crippen LogP contribution in [0.5, 0.6) is 0 Å². The van der Waals surface area contributed by atoms with Crippen molar-refractivity contribution in [3.05, 3.63) is 66.1 Å². The monoisotopic (exact) mass is 408 g/mol. The number of carbonyl (C=O) groups is 2. The van der Waals surface area contributed by atoms with Gasteiger partial charge in [-0.1, -0.05) is 30.3 Å². The molecule has 1 atom stereocenters. The lowest BCUT2D eigenvalue weighted by atomic mass is 10.2. The first-order chi connectivity index (χ1) is 14.7. The topological polar surface area (TPSA) is 63.0 Å². The number of nitrogens with zero attached hydrogens (tertiary/aromatic N) is 2. The van der Waals surface area contributed by atoms with E-state index in [1.807, 2.05) is 42.5 Å². The first-order valence-corrected chi connectivity index (χ1v) is 10.6. The Morgan fingerprint density at radius 3 is 2.57 bits per heavy atom. The average molecular weight is 408 g/mol. The van der Waals surface area contributed by atoms with Gasteiger partial charge in [0.05, 0.1) is 18.9 Å². The predicted octanol–water partition coefficient (Wildman–Crippen LogP) is 3.49. The predicted molar refractivity (Wildman–Crippen MR) is 113 cm³/mol. The first-order valence-electron chi connectivity index (χ1n) is 10.6. The summed E-state index contributed by atoms with van der Waals surface area (Å²) >= 11 is 0. The van der Waals surface area contributed by atoms with Gasteiger partial charge in [-0.15, -0.1) is 0 Å². The molecule has 0 spiro atoms. The first kappa shape index (κ1) is 20.4. The van der Waals surface area contributed by atoms with Crippen LogP contribution in [0.25, 0.3) is 6.08 Å². The van der Waals surface area contributed by atoms with Gasteiger partial charge in [0.25, 0.3) is 0 Å². The van der Waals surface area contributed by atoms with Gasteiger partial charge >= 0.3 is 0 Å². The number of furan rings is 1. The molecule has 1 aliphatic heterocycles. The third-order valence-corrected chi connectivity index (χ3v) is 5.52. The maximum atomic E-state index is 13.2. The standard InChI is InChI=1S/C24H28N2O4/c27-23(13-10-19-6-2-1-3-7-19)26(20-11-12-20)18-24(28)25(16-21-8-4-14-29-21)17-22-9-5-15-30-22/h1-4,6-8,10,13-14,20,22H,5,9,11-12,15-18H2/b13-10+.